The zero-order valence-corrected chi connectivity index (χ0v) is 20.8. The molecule has 1 aromatic rings. The van der Waals surface area contributed by atoms with Crippen LogP contribution in [-0.4, -0.2) is 23.0 Å². The van der Waals surface area contributed by atoms with Crippen molar-refractivity contribution in [2.45, 2.75) is 130 Å². The highest BCUT2D eigenvalue weighted by molar-refractivity contribution is 6.00. The van der Waals surface area contributed by atoms with Crippen LogP contribution in [0.1, 0.15) is 144 Å². The molecule has 4 nitrogen and oxygen atoms in total. The van der Waals surface area contributed by atoms with E-state index in [0.29, 0.717) is 12.0 Å². The number of hydrogen-bond acceptors (Lipinski definition) is 4. The summed E-state index contributed by atoms with van der Waals surface area (Å²) >= 11 is 0. The van der Waals surface area contributed by atoms with Crippen LogP contribution in [0.3, 0.4) is 0 Å². The first-order valence-electron chi connectivity index (χ1n) is 13.0. The topological polar surface area (TPSA) is 63.6 Å². The van der Waals surface area contributed by atoms with Gasteiger partial charge in [-0.25, -0.2) is 4.79 Å². The van der Waals surface area contributed by atoms with E-state index in [0.717, 1.165) is 12.8 Å². The van der Waals surface area contributed by atoms with Gasteiger partial charge in [-0.05, 0) is 38.5 Å². The van der Waals surface area contributed by atoms with Gasteiger partial charge in [0.15, 0.2) is 5.78 Å². The fourth-order valence-corrected chi connectivity index (χ4v) is 3.95. The van der Waals surface area contributed by atoms with Crippen molar-refractivity contribution in [1.29, 1.82) is 0 Å². The predicted molar refractivity (Wildman–Crippen MR) is 133 cm³/mol. The van der Waals surface area contributed by atoms with Crippen molar-refractivity contribution in [1.82, 2.24) is 0 Å². The van der Waals surface area contributed by atoms with Crippen LogP contribution in [0.5, 0.6) is 5.75 Å². The quantitative estimate of drug-likeness (QED) is 0.132. The SMILES string of the molecule is CCCCCCCCCCCCCCCCCC(=O)c1ccc(O)c(C(=O)OC(C)C)c1. The minimum Gasteiger partial charge on any atom is -0.507 e. The average molecular weight is 447 g/mol. The van der Waals surface area contributed by atoms with Crippen LogP contribution in [-0.2, 0) is 4.74 Å². The number of benzene rings is 1. The Morgan fingerprint density at radius 2 is 1.25 bits per heavy atom. The molecule has 0 aliphatic heterocycles. The Hall–Kier alpha value is -1.84. The maximum absolute atomic E-state index is 12.5. The normalized spacial score (nSPS) is 11.1. The number of ketones is 1. The zero-order valence-electron chi connectivity index (χ0n) is 20.8. The van der Waals surface area contributed by atoms with Crippen LogP contribution in [0.15, 0.2) is 18.2 Å². The number of phenolic OH excluding ortho intramolecular Hbond substituents is 1. The Bertz CT molecular complexity index is 651. The fourth-order valence-electron chi connectivity index (χ4n) is 3.95. The smallest absolute Gasteiger partial charge is 0.342 e. The Balaban J connectivity index is 2.09. The van der Waals surface area contributed by atoms with E-state index in [1.54, 1.807) is 19.9 Å². The highest BCUT2D eigenvalue weighted by Crippen LogP contribution is 2.22. The average Bonchev–Trinajstić information content (AvgIpc) is 2.76. The van der Waals surface area contributed by atoms with Gasteiger partial charge in [0.2, 0.25) is 0 Å². The van der Waals surface area contributed by atoms with Crippen LogP contribution in [0.4, 0.5) is 0 Å². The van der Waals surface area contributed by atoms with Gasteiger partial charge in [0.05, 0.1) is 6.10 Å². The third-order valence-corrected chi connectivity index (χ3v) is 5.89. The van der Waals surface area contributed by atoms with Crippen molar-refractivity contribution in [3.63, 3.8) is 0 Å². The lowest BCUT2D eigenvalue weighted by atomic mass is 10.0. The summed E-state index contributed by atoms with van der Waals surface area (Å²) in [4.78, 5) is 24.5. The maximum Gasteiger partial charge on any atom is 0.342 e. The molecule has 0 amide bonds. The Morgan fingerprint density at radius 3 is 1.72 bits per heavy atom. The van der Waals surface area contributed by atoms with Crippen molar-refractivity contribution in [3.05, 3.63) is 29.3 Å². The Morgan fingerprint density at radius 1 is 0.781 bits per heavy atom. The molecular weight excluding hydrogens is 400 g/mol. The molecule has 0 bridgehead atoms. The molecule has 182 valence electrons. The van der Waals surface area contributed by atoms with Gasteiger partial charge in [0.25, 0.3) is 0 Å². The summed E-state index contributed by atoms with van der Waals surface area (Å²) in [5, 5.41) is 9.90. The number of esters is 1. The molecule has 0 spiro atoms. The number of carbonyl (C=O) groups excluding carboxylic acids is 2. The van der Waals surface area contributed by atoms with E-state index >= 15 is 0 Å². The Kier molecular flexibility index (Phi) is 15.6. The van der Waals surface area contributed by atoms with Crippen molar-refractivity contribution >= 4 is 11.8 Å². The molecule has 0 aliphatic carbocycles. The highest BCUT2D eigenvalue weighted by Gasteiger charge is 2.17. The zero-order chi connectivity index (χ0) is 23.6. The number of aromatic hydroxyl groups is 1. The van der Waals surface area contributed by atoms with E-state index in [1.165, 1.54) is 95.6 Å². The second-order valence-corrected chi connectivity index (χ2v) is 9.31. The van der Waals surface area contributed by atoms with Crippen molar-refractivity contribution in [3.8, 4) is 5.75 Å². The van der Waals surface area contributed by atoms with Crippen molar-refractivity contribution in [2.75, 3.05) is 0 Å². The molecule has 0 fully saturated rings. The first-order chi connectivity index (χ1) is 15.5. The third-order valence-electron chi connectivity index (χ3n) is 5.89. The van der Waals surface area contributed by atoms with E-state index in [1.807, 2.05) is 0 Å². The molecule has 0 saturated carbocycles. The Labute approximate surface area is 196 Å². The van der Waals surface area contributed by atoms with Crippen LogP contribution in [0.2, 0.25) is 0 Å². The number of Topliss-reactive ketones (excluding diaryl/α,β-unsaturated/α-hetero) is 1. The van der Waals surface area contributed by atoms with Crippen LogP contribution < -0.4 is 0 Å². The lowest BCUT2D eigenvalue weighted by Gasteiger charge is -2.10. The van der Waals surface area contributed by atoms with Gasteiger partial charge < -0.3 is 9.84 Å². The number of hydrogen-bond donors (Lipinski definition) is 1. The van der Waals surface area contributed by atoms with Gasteiger partial charge in [0.1, 0.15) is 11.3 Å². The molecule has 32 heavy (non-hydrogen) atoms. The monoisotopic (exact) mass is 446 g/mol. The molecule has 0 unspecified atom stereocenters. The lowest BCUT2D eigenvalue weighted by Crippen LogP contribution is -2.12. The van der Waals surface area contributed by atoms with Crippen LogP contribution in [0, 0.1) is 0 Å². The molecule has 0 aromatic heterocycles. The standard InChI is InChI=1S/C28H46O4/c1-4-5-6-7-8-9-10-11-12-13-14-15-16-17-18-19-26(29)24-20-21-27(30)25(22-24)28(31)32-23(2)3/h20-23,30H,4-19H2,1-3H3. The molecule has 1 N–H and O–H groups in total. The number of carbonyl (C=O) groups is 2. The van der Waals surface area contributed by atoms with Gasteiger partial charge in [-0.1, -0.05) is 96.8 Å². The summed E-state index contributed by atoms with van der Waals surface area (Å²) in [5.41, 5.74) is 0.518. The molecule has 0 saturated heterocycles. The van der Waals surface area contributed by atoms with Gasteiger partial charge in [-0.3, -0.25) is 4.79 Å². The number of unbranched alkanes of at least 4 members (excludes halogenated alkanes) is 14. The van der Waals surface area contributed by atoms with Gasteiger partial charge in [0, 0.05) is 12.0 Å². The van der Waals surface area contributed by atoms with E-state index in [-0.39, 0.29) is 23.2 Å². The second-order valence-electron chi connectivity index (χ2n) is 9.31. The summed E-state index contributed by atoms with van der Waals surface area (Å²) in [6.07, 6.45) is 19.6. The van der Waals surface area contributed by atoms with Crippen molar-refractivity contribution < 1.29 is 19.4 Å². The van der Waals surface area contributed by atoms with E-state index < -0.39 is 5.97 Å². The molecule has 0 atom stereocenters. The summed E-state index contributed by atoms with van der Waals surface area (Å²) in [6.45, 7) is 5.77. The highest BCUT2D eigenvalue weighted by atomic mass is 16.5. The van der Waals surface area contributed by atoms with Crippen LogP contribution in [0.25, 0.3) is 0 Å². The minimum absolute atomic E-state index is 0.0123. The fraction of sp³-hybridized carbons (Fsp3) is 0.714. The largest absolute Gasteiger partial charge is 0.507 e. The van der Waals surface area contributed by atoms with Crippen molar-refractivity contribution in [2.24, 2.45) is 0 Å². The molecular formula is C28H46O4. The number of rotatable bonds is 19. The van der Waals surface area contributed by atoms with E-state index in [9.17, 15) is 14.7 Å². The second kappa shape index (κ2) is 17.7. The van der Waals surface area contributed by atoms with E-state index in [2.05, 4.69) is 6.92 Å². The minimum atomic E-state index is -0.598. The number of phenols is 1. The lowest BCUT2D eigenvalue weighted by molar-refractivity contribution is 0.0374. The van der Waals surface area contributed by atoms with Gasteiger partial charge >= 0.3 is 5.97 Å². The molecule has 0 aliphatic rings. The van der Waals surface area contributed by atoms with Gasteiger partial charge in [-0.2, -0.15) is 0 Å². The molecule has 1 aromatic carbocycles. The van der Waals surface area contributed by atoms with Crippen LogP contribution >= 0.6 is 0 Å². The van der Waals surface area contributed by atoms with E-state index in [4.69, 9.17) is 4.74 Å². The summed E-state index contributed by atoms with van der Waals surface area (Å²) in [6, 6.07) is 4.43. The predicted octanol–water partition coefficient (Wildman–Crippen LogP) is 8.40. The summed E-state index contributed by atoms with van der Waals surface area (Å²) in [7, 11) is 0. The molecule has 0 heterocycles. The maximum atomic E-state index is 12.5. The first kappa shape index (κ1) is 28.2. The first-order valence-corrected chi connectivity index (χ1v) is 13.0. The molecule has 1 rings (SSSR count). The molecule has 0 radical (unpaired) electrons. The summed E-state index contributed by atoms with van der Waals surface area (Å²) < 4.78 is 5.13. The molecule has 4 heteroatoms. The summed E-state index contributed by atoms with van der Waals surface area (Å²) in [5.74, 6) is -0.739. The number of ether oxygens (including phenoxy) is 1. The third kappa shape index (κ3) is 12.9. The van der Waals surface area contributed by atoms with Gasteiger partial charge in [-0.15, -0.1) is 0 Å².